The summed E-state index contributed by atoms with van der Waals surface area (Å²) < 4.78 is 30.3. The summed E-state index contributed by atoms with van der Waals surface area (Å²) >= 11 is 10.6. The number of hydrogen-bond donors (Lipinski definition) is 1. The van der Waals surface area contributed by atoms with Gasteiger partial charge in [0.05, 0.1) is 5.75 Å². The molecule has 0 spiro atoms. The smallest absolute Gasteiger partial charge is 0.265 e. The van der Waals surface area contributed by atoms with E-state index < -0.39 is 15.5 Å². The molecule has 74 valence electrons. The lowest BCUT2D eigenvalue weighted by Gasteiger charge is -2.23. The molecule has 0 bridgehead atoms. The molecule has 0 aliphatic heterocycles. The van der Waals surface area contributed by atoms with E-state index in [0.717, 1.165) is 3.94 Å². The number of nitrogens with zero attached hydrogens (tertiary/aromatic N) is 1. The molecule has 0 unspecified atom stereocenters. The van der Waals surface area contributed by atoms with Gasteiger partial charge in [0.25, 0.3) is 10.1 Å². The van der Waals surface area contributed by atoms with Gasteiger partial charge in [-0.15, -0.1) is 3.94 Å². The van der Waals surface area contributed by atoms with Gasteiger partial charge in [0, 0.05) is 6.54 Å². The van der Waals surface area contributed by atoms with Crippen molar-refractivity contribution < 1.29 is 13.0 Å². The second-order valence-corrected chi connectivity index (χ2v) is 5.79. The van der Waals surface area contributed by atoms with Crippen molar-refractivity contribution in [3.63, 3.8) is 0 Å². The molecule has 0 amide bonds. The molecular weight excluding hydrogens is 225 g/mol. The van der Waals surface area contributed by atoms with Gasteiger partial charge < -0.3 is 0 Å². The van der Waals surface area contributed by atoms with Crippen LogP contribution < -0.4 is 0 Å². The molecule has 0 aliphatic carbocycles. The first-order valence-corrected chi connectivity index (χ1v) is 5.45. The van der Waals surface area contributed by atoms with E-state index >= 15 is 0 Å². The molecule has 0 aliphatic rings. The van der Waals surface area contributed by atoms with Crippen LogP contribution in [0.25, 0.3) is 0 Å². The molecule has 0 saturated carbocycles. The molecule has 0 aromatic carbocycles. The Labute approximate surface area is 82.4 Å². The summed E-state index contributed by atoms with van der Waals surface area (Å²) in [6.07, 6.45) is 0. The summed E-state index contributed by atoms with van der Waals surface area (Å²) in [4.78, 5) is 0. The van der Waals surface area contributed by atoms with Crippen LogP contribution in [0.15, 0.2) is 0 Å². The standard InChI is InChI=1S/C5H11Cl2NO3S/c1-5(2,3-8(6)7)4-12(9,10)11/h3-4H2,1-2H3,(H,9,10,11). The monoisotopic (exact) mass is 235 g/mol. The molecule has 0 radical (unpaired) electrons. The van der Waals surface area contributed by atoms with Crippen molar-refractivity contribution in [1.29, 1.82) is 0 Å². The molecule has 4 nitrogen and oxygen atoms in total. The van der Waals surface area contributed by atoms with Crippen LogP contribution in [0.4, 0.5) is 0 Å². The Bertz CT molecular complexity index is 237. The van der Waals surface area contributed by atoms with Crippen molar-refractivity contribution in [2.75, 3.05) is 12.3 Å². The molecule has 0 aromatic heterocycles. The molecule has 1 N–H and O–H groups in total. The summed E-state index contributed by atoms with van der Waals surface area (Å²) in [6, 6.07) is 0. The van der Waals surface area contributed by atoms with E-state index in [4.69, 9.17) is 28.1 Å². The molecule has 0 heterocycles. The van der Waals surface area contributed by atoms with Gasteiger partial charge >= 0.3 is 0 Å². The maximum absolute atomic E-state index is 10.5. The van der Waals surface area contributed by atoms with Crippen molar-refractivity contribution in [1.82, 2.24) is 3.94 Å². The van der Waals surface area contributed by atoms with Gasteiger partial charge in [-0.25, -0.2) is 0 Å². The highest BCUT2D eigenvalue weighted by Crippen LogP contribution is 2.21. The summed E-state index contributed by atoms with van der Waals surface area (Å²) in [5.74, 6) is -0.365. The molecule has 0 atom stereocenters. The highest BCUT2D eigenvalue weighted by molar-refractivity contribution is 7.85. The molecule has 0 saturated heterocycles. The van der Waals surface area contributed by atoms with E-state index in [2.05, 4.69) is 0 Å². The van der Waals surface area contributed by atoms with Crippen LogP contribution in [0, 0.1) is 5.41 Å². The van der Waals surface area contributed by atoms with Gasteiger partial charge in [0.1, 0.15) is 0 Å². The first kappa shape index (κ1) is 12.4. The lowest BCUT2D eigenvalue weighted by molar-refractivity contribution is 0.351. The maximum Gasteiger partial charge on any atom is 0.265 e. The van der Waals surface area contributed by atoms with Crippen LogP contribution in [-0.4, -0.2) is 29.2 Å². The minimum atomic E-state index is -3.97. The summed E-state index contributed by atoms with van der Waals surface area (Å²) in [6.45, 7) is 3.44. The van der Waals surface area contributed by atoms with Crippen molar-refractivity contribution in [3.05, 3.63) is 0 Å². The molecular formula is C5H11Cl2NO3S. The van der Waals surface area contributed by atoms with Gasteiger partial charge in [-0.1, -0.05) is 13.8 Å². The van der Waals surface area contributed by atoms with Crippen LogP contribution in [-0.2, 0) is 10.1 Å². The lowest BCUT2D eigenvalue weighted by Crippen LogP contribution is -2.31. The first-order valence-electron chi connectivity index (χ1n) is 3.17. The van der Waals surface area contributed by atoms with Crippen LogP contribution in [0.5, 0.6) is 0 Å². The maximum atomic E-state index is 10.5. The largest absolute Gasteiger partial charge is 0.286 e. The lowest BCUT2D eigenvalue weighted by atomic mass is 9.97. The van der Waals surface area contributed by atoms with Crippen molar-refractivity contribution in [2.45, 2.75) is 13.8 Å². The number of halogens is 2. The van der Waals surface area contributed by atoms with Gasteiger partial charge in [-0.3, -0.25) is 4.55 Å². The van der Waals surface area contributed by atoms with Crippen LogP contribution in [0.3, 0.4) is 0 Å². The zero-order valence-corrected chi connectivity index (χ0v) is 9.12. The topological polar surface area (TPSA) is 57.6 Å². The molecule has 7 heteroatoms. The number of hydrogen-bond acceptors (Lipinski definition) is 3. The average Bonchev–Trinajstić information content (AvgIpc) is 1.48. The minimum Gasteiger partial charge on any atom is -0.286 e. The van der Waals surface area contributed by atoms with E-state index in [9.17, 15) is 8.42 Å². The fourth-order valence-electron chi connectivity index (χ4n) is 0.863. The van der Waals surface area contributed by atoms with Crippen LogP contribution in [0.2, 0.25) is 0 Å². The van der Waals surface area contributed by atoms with Gasteiger partial charge in [0.15, 0.2) is 0 Å². The molecule has 12 heavy (non-hydrogen) atoms. The zero-order valence-electron chi connectivity index (χ0n) is 6.79. The van der Waals surface area contributed by atoms with Gasteiger partial charge in [-0.05, 0) is 29.0 Å². The van der Waals surface area contributed by atoms with Gasteiger partial charge in [-0.2, -0.15) is 8.42 Å². The SMILES string of the molecule is CC(C)(CN(Cl)Cl)CS(=O)(=O)O. The molecule has 0 aromatic rings. The zero-order chi connectivity index (χ0) is 9.99. The van der Waals surface area contributed by atoms with E-state index in [1.165, 1.54) is 0 Å². The van der Waals surface area contributed by atoms with Crippen LogP contribution in [0.1, 0.15) is 13.8 Å². The summed E-state index contributed by atoms with van der Waals surface area (Å²) in [5.41, 5.74) is -0.670. The first-order chi connectivity index (χ1) is 5.12. The third-order valence-electron chi connectivity index (χ3n) is 1.12. The quantitative estimate of drug-likeness (QED) is 0.593. The molecule has 0 fully saturated rings. The van der Waals surface area contributed by atoms with E-state index in [1.54, 1.807) is 13.8 Å². The van der Waals surface area contributed by atoms with E-state index in [0.29, 0.717) is 0 Å². The van der Waals surface area contributed by atoms with Crippen LogP contribution >= 0.6 is 23.6 Å². The third kappa shape index (κ3) is 7.12. The Balaban J connectivity index is 4.23. The highest BCUT2D eigenvalue weighted by Gasteiger charge is 2.26. The van der Waals surface area contributed by atoms with E-state index in [1.807, 2.05) is 0 Å². The Morgan fingerprint density at radius 1 is 1.42 bits per heavy atom. The normalized spacial score (nSPS) is 13.8. The second-order valence-electron chi connectivity index (χ2n) is 3.35. The van der Waals surface area contributed by atoms with Gasteiger partial charge in [0.2, 0.25) is 0 Å². The average molecular weight is 236 g/mol. The number of rotatable bonds is 4. The predicted molar refractivity (Wildman–Crippen MR) is 48.6 cm³/mol. The Morgan fingerprint density at radius 3 is 2.08 bits per heavy atom. The Hall–Kier alpha value is 0.450. The van der Waals surface area contributed by atoms with Crippen molar-refractivity contribution in [3.8, 4) is 0 Å². The fraction of sp³-hybridized carbons (Fsp3) is 1.00. The summed E-state index contributed by atoms with van der Waals surface area (Å²) in [5, 5.41) is 0. The summed E-state index contributed by atoms with van der Waals surface area (Å²) in [7, 11) is -3.97. The Morgan fingerprint density at radius 2 is 1.83 bits per heavy atom. The minimum absolute atomic E-state index is 0.163. The van der Waals surface area contributed by atoms with Crippen molar-refractivity contribution >= 4 is 33.7 Å². The predicted octanol–water partition coefficient (Wildman–Crippen LogP) is 1.51. The molecule has 0 rings (SSSR count). The third-order valence-corrected chi connectivity index (χ3v) is 2.51. The van der Waals surface area contributed by atoms with E-state index in [-0.39, 0.29) is 12.3 Å². The Kier molecular flexibility index (Phi) is 4.26. The van der Waals surface area contributed by atoms with Crippen molar-refractivity contribution in [2.24, 2.45) is 5.41 Å². The fourth-order valence-corrected chi connectivity index (χ4v) is 2.59. The second kappa shape index (κ2) is 4.11. The highest BCUT2D eigenvalue weighted by atomic mass is 35.5.